The maximum atomic E-state index is 12.5. The first kappa shape index (κ1) is 30.0. The standard InChI is InChI=1S/C34H26N4O7S/c39-29(19-44-25-6-2-1-3-7-25)36-23-9-11-24(12-10-23)38-31(30(37-34(38)46)26-8-4-5-15-35-26)28-14-13-27(45-28)20-16-21(32(40)41)18-22(17-20)33(42)43/h1-18,30-31H,19H2,(H,36,39)(H,37,46)(H,40,41)(H,42,43)/t30-,31+/m0/s1. The number of hydrogen-bond donors (Lipinski definition) is 4. The van der Waals surface area contributed by atoms with E-state index in [4.69, 9.17) is 21.4 Å². The molecule has 0 saturated carbocycles. The van der Waals surface area contributed by atoms with Gasteiger partial charge in [-0.05, 0) is 91.1 Å². The Hall–Kier alpha value is -6.01. The number of furan rings is 1. The van der Waals surface area contributed by atoms with Crippen molar-refractivity contribution in [1.29, 1.82) is 0 Å². The van der Waals surface area contributed by atoms with Gasteiger partial charge in [-0.25, -0.2) is 9.59 Å². The van der Waals surface area contributed by atoms with Crippen LogP contribution in [0, 0.1) is 0 Å². The molecule has 1 aliphatic rings. The number of ether oxygens (including phenoxy) is 1. The summed E-state index contributed by atoms with van der Waals surface area (Å²) in [6.45, 7) is -0.149. The lowest BCUT2D eigenvalue weighted by molar-refractivity contribution is -0.118. The normalized spacial score (nSPS) is 15.7. The van der Waals surface area contributed by atoms with Gasteiger partial charge in [0.1, 0.15) is 23.3 Å². The fourth-order valence-electron chi connectivity index (χ4n) is 5.17. The van der Waals surface area contributed by atoms with Crippen LogP contribution in [0.5, 0.6) is 5.75 Å². The quantitative estimate of drug-likeness (QED) is 0.135. The fourth-order valence-corrected chi connectivity index (χ4v) is 5.52. The molecule has 46 heavy (non-hydrogen) atoms. The molecule has 2 aromatic heterocycles. The predicted molar refractivity (Wildman–Crippen MR) is 173 cm³/mol. The summed E-state index contributed by atoms with van der Waals surface area (Å²) in [6, 6.07) is 28.0. The third-order valence-corrected chi connectivity index (χ3v) is 7.58. The highest BCUT2D eigenvalue weighted by atomic mass is 32.1. The molecule has 0 spiro atoms. The van der Waals surface area contributed by atoms with E-state index in [9.17, 15) is 24.6 Å². The Morgan fingerprint density at radius 3 is 2.24 bits per heavy atom. The van der Waals surface area contributed by atoms with Crippen LogP contribution in [0.4, 0.5) is 11.4 Å². The minimum Gasteiger partial charge on any atom is -0.484 e. The van der Waals surface area contributed by atoms with Crippen LogP contribution in [0.25, 0.3) is 11.3 Å². The first-order valence-corrected chi connectivity index (χ1v) is 14.5. The van der Waals surface area contributed by atoms with Crippen molar-refractivity contribution in [3.05, 3.63) is 132 Å². The maximum absolute atomic E-state index is 12.5. The molecule has 1 fully saturated rings. The summed E-state index contributed by atoms with van der Waals surface area (Å²) in [6.07, 6.45) is 1.68. The van der Waals surface area contributed by atoms with Crippen LogP contribution in [0.15, 0.2) is 114 Å². The van der Waals surface area contributed by atoms with Crippen LogP contribution in [0.2, 0.25) is 0 Å². The number of amides is 1. The van der Waals surface area contributed by atoms with Gasteiger partial charge in [0.15, 0.2) is 11.7 Å². The van der Waals surface area contributed by atoms with Gasteiger partial charge in [-0.2, -0.15) is 0 Å². The van der Waals surface area contributed by atoms with Gasteiger partial charge < -0.3 is 34.9 Å². The topological polar surface area (TPSA) is 154 Å². The molecule has 0 radical (unpaired) electrons. The zero-order chi connectivity index (χ0) is 32.2. The molecule has 1 aliphatic heterocycles. The summed E-state index contributed by atoms with van der Waals surface area (Å²) in [7, 11) is 0. The van der Waals surface area contributed by atoms with E-state index in [0.717, 1.165) is 6.07 Å². The summed E-state index contributed by atoms with van der Waals surface area (Å²) >= 11 is 5.78. The molecule has 2 atom stereocenters. The van der Waals surface area contributed by atoms with Gasteiger partial charge in [0, 0.05) is 23.1 Å². The number of benzene rings is 3. The maximum Gasteiger partial charge on any atom is 0.335 e. The third-order valence-electron chi connectivity index (χ3n) is 7.27. The molecule has 230 valence electrons. The first-order chi connectivity index (χ1) is 22.3. The van der Waals surface area contributed by atoms with Gasteiger partial charge in [-0.1, -0.05) is 24.3 Å². The number of para-hydroxylation sites is 1. The second-order valence-corrected chi connectivity index (χ2v) is 10.7. The summed E-state index contributed by atoms with van der Waals surface area (Å²) < 4.78 is 11.8. The lowest BCUT2D eigenvalue weighted by atomic mass is 10.0. The van der Waals surface area contributed by atoms with Crippen molar-refractivity contribution >= 4 is 46.6 Å². The van der Waals surface area contributed by atoms with Crippen LogP contribution in [0.3, 0.4) is 0 Å². The van der Waals surface area contributed by atoms with E-state index in [1.807, 2.05) is 53.4 Å². The third kappa shape index (κ3) is 6.42. The molecule has 12 heteroatoms. The number of carboxylic acid groups (broad SMARTS) is 2. The Morgan fingerprint density at radius 2 is 1.59 bits per heavy atom. The number of hydrogen-bond acceptors (Lipinski definition) is 7. The number of rotatable bonds is 10. The van der Waals surface area contributed by atoms with Crippen LogP contribution in [-0.2, 0) is 4.79 Å². The molecule has 3 aromatic carbocycles. The van der Waals surface area contributed by atoms with Crippen molar-refractivity contribution in [3.8, 4) is 17.1 Å². The molecule has 11 nitrogen and oxygen atoms in total. The molecular weight excluding hydrogens is 608 g/mol. The molecule has 5 aromatic rings. The van der Waals surface area contributed by atoms with Crippen molar-refractivity contribution in [3.63, 3.8) is 0 Å². The second-order valence-electron chi connectivity index (χ2n) is 10.3. The van der Waals surface area contributed by atoms with Gasteiger partial charge in [0.05, 0.1) is 22.9 Å². The number of pyridine rings is 1. The predicted octanol–water partition coefficient (Wildman–Crippen LogP) is 5.93. The zero-order valence-corrected chi connectivity index (χ0v) is 24.8. The van der Waals surface area contributed by atoms with Gasteiger partial charge in [0.25, 0.3) is 5.91 Å². The van der Waals surface area contributed by atoms with Crippen molar-refractivity contribution in [2.75, 3.05) is 16.8 Å². The summed E-state index contributed by atoms with van der Waals surface area (Å²) in [5.41, 5.74) is 1.92. The van der Waals surface area contributed by atoms with Gasteiger partial charge >= 0.3 is 11.9 Å². The van der Waals surface area contributed by atoms with Crippen molar-refractivity contribution < 1.29 is 33.8 Å². The second kappa shape index (κ2) is 12.9. The number of carboxylic acids is 2. The SMILES string of the molecule is O=C(COc1ccccc1)Nc1ccc(N2C(=S)N[C@@H](c3ccccn3)[C@H]2c2ccc(-c3cc(C(=O)O)cc(C(=O)O)c3)o2)cc1. The Balaban J connectivity index is 1.29. The lowest BCUT2D eigenvalue weighted by Gasteiger charge is -2.26. The fraction of sp³-hybridized carbons (Fsp3) is 0.0882. The number of nitrogens with zero attached hydrogens (tertiary/aromatic N) is 2. The molecule has 6 rings (SSSR count). The van der Waals surface area contributed by atoms with Gasteiger partial charge in [-0.3, -0.25) is 9.78 Å². The zero-order valence-electron chi connectivity index (χ0n) is 24.0. The first-order valence-electron chi connectivity index (χ1n) is 14.1. The summed E-state index contributed by atoms with van der Waals surface area (Å²) in [5, 5.41) is 25.7. The van der Waals surface area contributed by atoms with Crippen molar-refractivity contribution in [2.45, 2.75) is 12.1 Å². The van der Waals surface area contributed by atoms with Gasteiger partial charge in [-0.15, -0.1) is 0 Å². The molecule has 0 bridgehead atoms. The van der Waals surface area contributed by atoms with Crippen molar-refractivity contribution in [1.82, 2.24) is 10.3 Å². The van der Waals surface area contributed by atoms with E-state index in [2.05, 4.69) is 15.6 Å². The van der Waals surface area contributed by atoms with Crippen LogP contribution in [-0.4, -0.2) is 44.8 Å². The Kier molecular flexibility index (Phi) is 8.44. The van der Waals surface area contributed by atoms with Crippen LogP contribution in [0.1, 0.15) is 44.3 Å². The number of thiocarbonyl (C=S) groups is 1. The molecule has 1 amide bonds. The highest BCUT2D eigenvalue weighted by molar-refractivity contribution is 7.80. The summed E-state index contributed by atoms with van der Waals surface area (Å²) in [4.78, 5) is 42.3. The summed E-state index contributed by atoms with van der Waals surface area (Å²) in [5.74, 6) is -1.48. The molecule has 3 heterocycles. The average Bonchev–Trinajstić information content (AvgIpc) is 3.69. The van der Waals surface area contributed by atoms with Crippen LogP contribution >= 0.6 is 12.2 Å². The number of anilines is 2. The molecule has 0 unspecified atom stereocenters. The molecular formula is C34H26N4O7S. The monoisotopic (exact) mass is 634 g/mol. The number of nitrogens with one attached hydrogen (secondary N) is 2. The largest absolute Gasteiger partial charge is 0.484 e. The lowest BCUT2D eigenvalue weighted by Crippen LogP contribution is -2.29. The molecule has 4 N–H and O–H groups in total. The van der Waals surface area contributed by atoms with E-state index >= 15 is 0 Å². The van der Waals surface area contributed by atoms with E-state index in [0.29, 0.717) is 39.3 Å². The highest BCUT2D eigenvalue weighted by Crippen LogP contribution is 2.43. The average molecular weight is 635 g/mol. The highest BCUT2D eigenvalue weighted by Gasteiger charge is 2.42. The van der Waals surface area contributed by atoms with E-state index in [1.54, 1.807) is 42.6 Å². The number of carbonyl (C=O) groups is 3. The number of carbonyl (C=O) groups excluding carboxylic acids is 1. The Labute approximate surface area is 268 Å². The molecule has 1 saturated heterocycles. The Morgan fingerprint density at radius 1 is 0.891 bits per heavy atom. The minimum atomic E-state index is -1.26. The molecule has 0 aliphatic carbocycles. The van der Waals surface area contributed by atoms with E-state index < -0.39 is 24.0 Å². The van der Waals surface area contributed by atoms with Crippen LogP contribution < -0.4 is 20.3 Å². The van der Waals surface area contributed by atoms with Crippen molar-refractivity contribution in [2.24, 2.45) is 0 Å². The van der Waals surface area contributed by atoms with Gasteiger partial charge in [0.2, 0.25) is 0 Å². The number of aromatic nitrogens is 1. The minimum absolute atomic E-state index is 0.149. The number of aromatic carboxylic acids is 2. The van der Waals surface area contributed by atoms with E-state index in [-0.39, 0.29) is 29.4 Å². The Bertz CT molecular complexity index is 1880. The smallest absolute Gasteiger partial charge is 0.335 e. The van der Waals surface area contributed by atoms with E-state index in [1.165, 1.54) is 12.1 Å².